The molecular formula is C15H14BrNO2. The van der Waals surface area contributed by atoms with Crippen molar-refractivity contribution in [3.05, 3.63) is 58.1 Å². The molecule has 0 aliphatic rings. The summed E-state index contributed by atoms with van der Waals surface area (Å²) >= 11 is 3.45. The second kappa shape index (κ2) is 5.45. The lowest BCUT2D eigenvalue weighted by Crippen LogP contribution is -2.26. The molecule has 0 unspecified atom stereocenters. The lowest BCUT2D eigenvalue weighted by molar-refractivity contribution is 0.0992. The summed E-state index contributed by atoms with van der Waals surface area (Å²) in [6.45, 7) is 1.95. The minimum absolute atomic E-state index is 0.0961. The van der Waals surface area contributed by atoms with Crippen molar-refractivity contribution >= 4 is 27.5 Å². The van der Waals surface area contributed by atoms with E-state index in [2.05, 4.69) is 15.9 Å². The normalized spacial score (nSPS) is 10.3. The maximum atomic E-state index is 12.4. The van der Waals surface area contributed by atoms with Crippen molar-refractivity contribution in [1.29, 1.82) is 0 Å². The number of amides is 1. The van der Waals surface area contributed by atoms with Gasteiger partial charge in [-0.1, -0.05) is 12.1 Å². The van der Waals surface area contributed by atoms with Gasteiger partial charge in [-0.25, -0.2) is 0 Å². The fraction of sp³-hybridized carbons (Fsp3) is 0.133. The highest BCUT2D eigenvalue weighted by molar-refractivity contribution is 9.10. The van der Waals surface area contributed by atoms with Crippen molar-refractivity contribution in [3.63, 3.8) is 0 Å². The van der Waals surface area contributed by atoms with E-state index < -0.39 is 0 Å². The monoisotopic (exact) mass is 319 g/mol. The Morgan fingerprint density at radius 1 is 1.16 bits per heavy atom. The van der Waals surface area contributed by atoms with Crippen LogP contribution in [0.3, 0.4) is 0 Å². The number of phenolic OH excluding ortho intramolecular Hbond substituents is 1. The Hall–Kier alpha value is -1.81. The van der Waals surface area contributed by atoms with Crippen LogP contribution in [0.15, 0.2) is 46.9 Å². The molecule has 0 saturated carbocycles. The minimum atomic E-state index is -0.0961. The molecule has 0 aliphatic heterocycles. The molecule has 98 valence electrons. The van der Waals surface area contributed by atoms with Gasteiger partial charge in [0, 0.05) is 17.2 Å². The van der Waals surface area contributed by atoms with Gasteiger partial charge in [0.15, 0.2) is 0 Å². The molecule has 0 spiro atoms. The van der Waals surface area contributed by atoms with Crippen LogP contribution in [-0.2, 0) is 0 Å². The first-order chi connectivity index (χ1) is 9.00. The van der Waals surface area contributed by atoms with Gasteiger partial charge < -0.3 is 10.0 Å². The zero-order valence-corrected chi connectivity index (χ0v) is 12.3. The Kier molecular flexibility index (Phi) is 3.90. The number of benzene rings is 2. The summed E-state index contributed by atoms with van der Waals surface area (Å²) in [5.41, 5.74) is 2.37. The van der Waals surface area contributed by atoms with Crippen LogP contribution in [0, 0.1) is 6.92 Å². The van der Waals surface area contributed by atoms with Gasteiger partial charge in [-0.2, -0.15) is 0 Å². The quantitative estimate of drug-likeness (QED) is 0.916. The topological polar surface area (TPSA) is 40.5 Å². The van der Waals surface area contributed by atoms with E-state index in [0.29, 0.717) is 5.56 Å². The predicted octanol–water partition coefficient (Wildman–Crippen LogP) is 3.74. The number of anilines is 1. The van der Waals surface area contributed by atoms with Gasteiger partial charge in [0.2, 0.25) is 0 Å². The maximum Gasteiger partial charge on any atom is 0.259 e. The van der Waals surface area contributed by atoms with Gasteiger partial charge in [0.1, 0.15) is 5.75 Å². The Morgan fingerprint density at radius 3 is 2.42 bits per heavy atom. The average Bonchev–Trinajstić information content (AvgIpc) is 2.41. The van der Waals surface area contributed by atoms with E-state index in [1.807, 2.05) is 19.1 Å². The van der Waals surface area contributed by atoms with Crippen LogP contribution >= 0.6 is 15.9 Å². The largest absolute Gasteiger partial charge is 0.508 e. The van der Waals surface area contributed by atoms with E-state index >= 15 is 0 Å². The number of aromatic hydroxyl groups is 1. The molecular weight excluding hydrogens is 306 g/mol. The van der Waals surface area contributed by atoms with Crippen molar-refractivity contribution in [2.75, 3.05) is 11.9 Å². The third kappa shape index (κ3) is 2.79. The highest BCUT2D eigenvalue weighted by atomic mass is 79.9. The summed E-state index contributed by atoms with van der Waals surface area (Å²) in [5, 5.41) is 9.26. The summed E-state index contributed by atoms with van der Waals surface area (Å²) < 4.78 is 0.811. The molecule has 0 heterocycles. The van der Waals surface area contributed by atoms with Gasteiger partial charge >= 0.3 is 0 Å². The molecule has 0 atom stereocenters. The number of carbonyl (C=O) groups is 1. The number of hydrogen-bond acceptors (Lipinski definition) is 2. The molecule has 4 heteroatoms. The van der Waals surface area contributed by atoms with Gasteiger partial charge in [-0.15, -0.1) is 0 Å². The molecule has 19 heavy (non-hydrogen) atoms. The average molecular weight is 320 g/mol. The van der Waals surface area contributed by atoms with Crippen LogP contribution in [0.2, 0.25) is 0 Å². The molecule has 2 aromatic carbocycles. The number of hydrogen-bond donors (Lipinski definition) is 1. The molecule has 2 aromatic rings. The first kappa shape index (κ1) is 13.6. The number of halogens is 1. The molecule has 2 rings (SSSR count). The highest BCUT2D eigenvalue weighted by Crippen LogP contribution is 2.25. The van der Waals surface area contributed by atoms with Crippen molar-refractivity contribution < 1.29 is 9.90 Å². The predicted molar refractivity (Wildman–Crippen MR) is 79.7 cm³/mol. The summed E-state index contributed by atoms with van der Waals surface area (Å²) in [4.78, 5) is 14.0. The standard InChI is InChI=1S/C15H14BrNO2/c1-10-4-3-5-13(14(10)16)15(19)17(2)11-6-8-12(18)9-7-11/h3-9,18H,1-2H3. The van der Waals surface area contributed by atoms with Gasteiger partial charge in [-0.05, 0) is 58.7 Å². The van der Waals surface area contributed by atoms with Gasteiger partial charge in [0.25, 0.3) is 5.91 Å². The smallest absolute Gasteiger partial charge is 0.259 e. The van der Waals surface area contributed by atoms with E-state index in [1.165, 1.54) is 0 Å². The fourth-order valence-corrected chi connectivity index (χ4v) is 2.22. The van der Waals surface area contributed by atoms with Crippen LogP contribution in [0.1, 0.15) is 15.9 Å². The van der Waals surface area contributed by atoms with Crippen molar-refractivity contribution in [2.24, 2.45) is 0 Å². The SMILES string of the molecule is Cc1cccc(C(=O)N(C)c2ccc(O)cc2)c1Br. The van der Waals surface area contributed by atoms with E-state index in [4.69, 9.17) is 0 Å². The van der Waals surface area contributed by atoms with Crippen molar-refractivity contribution in [2.45, 2.75) is 6.92 Å². The van der Waals surface area contributed by atoms with E-state index in [9.17, 15) is 9.90 Å². The van der Waals surface area contributed by atoms with Crippen LogP contribution in [0.25, 0.3) is 0 Å². The lowest BCUT2D eigenvalue weighted by atomic mass is 10.1. The van der Waals surface area contributed by atoms with E-state index in [1.54, 1.807) is 42.3 Å². The Balaban J connectivity index is 2.33. The zero-order chi connectivity index (χ0) is 14.0. The van der Waals surface area contributed by atoms with Crippen LogP contribution in [-0.4, -0.2) is 18.1 Å². The minimum Gasteiger partial charge on any atom is -0.508 e. The first-order valence-corrected chi connectivity index (χ1v) is 6.62. The number of carbonyl (C=O) groups excluding carboxylic acids is 1. The second-order valence-electron chi connectivity index (χ2n) is 4.32. The summed E-state index contributed by atoms with van der Waals surface area (Å²) in [6.07, 6.45) is 0. The van der Waals surface area contributed by atoms with Crippen LogP contribution < -0.4 is 4.90 Å². The third-order valence-corrected chi connectivity index (χ3v) is 4.02. The Morgan fingerprint density at radius 2 is 1.79 bits per heavy atom. The second-order valence-corrected chi connectivity index (χ2v) is 5.11. The van der Waals surface area contributed by atoms with E-state index in [-0.39, 0.29) is 11.7 Å². The molecule has 1 N–H and O–H groups in total. The highest BCUT2D eigenvalue weighted by Gasteiger charge is 2.16. The number of phenols is 1. The lowest BCUT2D eigenvalue weighted by Gasteiger charge is -2.18. The van der Waals surface area contributed by atoms with Crippen molar-refractivity contribution in [1.82, 2.24) is 0 Å². The van der Waals surface area contributed by atoms with Crippen LogP contribution in [0.5, 0.6) is 5.75 Å². The molecule has 1 amide bonds. The Bertz CT molecular complexity index is 608. The molecule has 0 radical (unpaired) electrons. The number of aryl methyl sites for hydroxylation is 1. The fourth-order valence-electron chi connectivity index (χ4n) is 1.79. The molecule has 0 bridgehead atoms. The molecule has 0 aromatic heterocycles. The zero-order valence-electron chi connectivity index (χ0n) is 10.7. The summed E-state index contributed by atoms with van der Waals surface area (Å²) in [7, 11) is 1.71. The van der Waals surface area contributed by atoms with Gasteiger partial charge in [0.05, 0.1) is 5.56 Å². The number of nitrogens with zero attached hydrogens (tertiary/aromatic N) is 1. The maximum absolute atomic E-state index is 12.4. The molecule has 3 nitrogen and oxygen atoms in total. The number of rotatable bonds is 2. The Labute approximate surface area is 120 Å². The first-order valence-electron chi connectivity index (χ1n) is 5.83. The third-order valence-electron chi connectivity index (χ3n) is 2.96. The molecule has 0 aliphatic carbocycles. The van der Waals surface area contributed by atoms with Gasteiger partial charge in [-0.3, -0.25) is 4.79 Å². The summed E-state index contributed by atoms with van der Waals surface area (Å²) in [6, 6.07) is 12.1. The van der Waals surface area contributed by atoms with Crippen molar-refractivity contribution in [3.8, 4) is 5.75 Å². The van der Waals surface area contributed by atoms with Crippen LogP contribution in [0.4, 0.5) is 5.69 Å². The molecule has 0 saturated heterocycles. The summed E-state index contributed by atoms with van der Waals surface area (Å²) in [5.74, 6) is 0.0857. The molecule has 0 fully saturated rings. The van der Waals surface area contributed by atoms with E-state index in [0.717, 1.165) is 15.7 Å².